The molecule has 1 fully saturated rings. The fourth-order valence-corrected chi connectivity index (χ4v) is 4.71. The maximum absolute atomic E-state index is 13.4. The van der Waals surface area contributed by atoms with Crippen LogP contribution in [0.5, 0.6) is 0 Å². The zero-order chi connectivity index (χ0) is 21.4. The first-order chi connectivity index (χ1) is 14.3. The average molecular weight is 416 g/mol. The molecule has 1 saturated carbocycles. The molecule has 0 saturated heterocycles. The summed E-state index contributed by atoms with van der Waals surface area (Å²) >= 11 is 0. The van der Waals surface area contributed by atoms with Gasteiger partial charge in [0.2, 0.25) is 5.92 Å². The number of para-hydroxylation sites is 1. The van der Waals surface area contributed by atoms with Gasteiger partial charge in [-0.25, -0.2) is 8.78 Å². The van der Waals surface area contributed by atoms with Crippen molar-refractivity contribution in [2.45, 2.75) is 44.1 Å². The zero-order valence-corrected chi connectivity index (χ0v) is 17.0. The molecule has 1 spiro atoms. The molecule has 30 heavy (non-hydrogen) atoms. The third-order valence-corrected chi connectivity index (χ3v) is 6.22. The van der Waals surface area contributed by atoms with E-state index in [2.05, 4.69) is 16.4 Å². The number of halogens is 2. The van der Waals surface area contributed by atoms with Gasteiger partial charge in [-0.15, -0.1) is 0 Å². The lowest BCUT2D eigenvalue weighted by molar-refractivity contribution is -0.163. The van der Waals surface area contributed by atoms with Crippen molar-refractivity contribution in [1.29, 1.82) is 0 Å². The number of alkyl halides is 2. The van der Waals surface area contributed by atoms with E-state index in [1.165, 1.54) is 13.3 Å². The normalized spacial score (nSPS) is 20.5. The fourth-order valence-electron chi connectivity index (χ4n) is 4.71. The van der Waals surface area contributed by atoms with Gasteiger partial charge in [0.25, 0.3) is 5.91 Å². The highest BCUT2D eigenvalue weighted by molar-refractivity contribution is 5.99. The van der Waals surface area contributed by atoms with Crippen molar-refractivity contribution < 1.29 is 23.4 Å². The SMILES string of the molecule is COC[C@H](CO)NC(=O)c1cnc2c(C3=CCC4(CC3)CC(F)(F)C4)cccc2c1. The Morgan fingerprint density at radius 3 is 2.80 bits per heavy atom. The van der Waals surface area contributed by atoms with Crippen molar-refractivity contribution in [2.24, 2.45) is 5.41 Å². The summed E-state index contributed by atoms with van der Waals surface area (Å²) in [5.41, 5.74) is 3.09. The molecule has 2 N–H and O–H groups in total. The number of hydrogen-bond acceptors (Lipinski definition) is 4. The van der Waals surface area contributed by atoms with Gasteiger partial charge in [0.15, 0.2) is 0 Å². The Bertz CT molecular complexity index is 982. The highest BCUT2D eigenvalue weighted by Gasteiger charge is 2.55. The number of carbonyl (C=O) groups excluding carboxylic acids is 1. The van der Waals surface area contributed by atoms with Crippen LogP contribution in [0.15, 0.2) is 36.5 Å². The lowest BCUT2D eigenvalue weighted by Crippen LogP contribution is -2.46. The molecule has 0 aliphatic heterocycles. The smallest absolute Gasteiger partial charge is 0.253 e. The highest BCUT2D eigenvalue weighted by Crippen LogP contribution is 2.59. The minimum atomic E-state index is -2.50. The highest BCUT2D eigenvalue weighted by atomic mass is 19.3. The number of hydrogen-bond donors (Lipinski definition) is 2. The van der Waals surface area contributed by atoms with Gasteiger partial charge in [-0.1, -0.05) is 24.3 Å². The van der Waals surface area contributed by atoms with Crippen LogP contribution in [-0.4, -0.2) is 48.3 Å². The van der Waals surface area contributed by atoms with Crippen LogP contribution in [0, 0.1) is 5.41 Å². The topological polar surface area (TPSA) is 71.5 Å². The predicted molar refractivity (Wildman–Crippen MR) is 110 cm³/mol. The first kappa shape index (κ1) is 20.9. The molecule has 4 rings (SSSR count). The Hall–Kier alpha value is -2.38. The van der Waals surface area contributed by atoms with Gasteiger partial charge >= 0.3 is 0 Å². The summed E-state index contributed by atoms with van der Waals surface area (Å²) in [7, 11) is 1.51. The molecule has 0 radical (unpaired) electrons. The second kappa shape index (κ2) is 8.04. The van der Waals surface area contributed by atoms with E-state index in [0.717, 1.165) is 34.9 Å². The number of fused-ring (bicyclic) bond motifs is 1. The summed E-state index contributed by atoms with van der Waals surface area (Å²) in [4.78, 5) is 17.0. The molecule has 2 aliphatic carbocycles. The third kappa shape index (κ3) is 4.09. The second-order valence-corrected chi connectivity index (χ2v) is 8.55. The van der Waals surface area contributed by atoms with E-state index in [9.17, 15) is 18.7 Å². The molecule has 1 aromatic carbocycles. The van der Waals surface area contributed by atoms with Crippen LogP contribution in [0.3, 0.4) is 0 Å². The first-order valence-corrected chi connectivity index (χ1v) is 10.2. The Morgan fingerprint density at radius 2 is 2.17 bits per heavy atom. The quantitative estimate of drug-likeness (QED) is 0.748. The third-order valence-electron chi connectivity index (χ3n) is 6.22. The number of pyridine rings is 1. The summed E-state index contributed by atoms with van der Waals surface area (Å²) in [6.45, 7) is 0.00128. The summed E-state index contributed by atoms with van der Waals surface area (Å²) in [5, 5.41) is 12.9. The second-order valence-electron chi connectivity index (χ2n) is 8.55. The summed E-state index contributed by atoms with van der Waals surface area (Å²) in [6, 6.07) is 7.11. The van der Waals surface area contributed by atoms with Crippen molar-refractivity contribution in [1.82, 2.24) is 10.3 Å². The Balaban J connectivity index is 1.54. The van der Waals surface area contributed by atoms with Crippen LogP contribution in [0.1, 0.15) is 48.0 Å². The number of ether oxygens (including phenoxy) is 1. The minimum absolute atomic E-state index is 0.00601. The largest absolute Gasteiger partial charge is 0.394 e. The van der Waals surface area contributed by atoms with Crippen LogP contribution in [0.25, 0.3) is 16.5 Å². The van der Waals surface area contributed by atoms with E-state index in [1.54, 1.807) is 6.07 Å². The number of rotatable bonds is 6. The molecule has 2 aromatic rings. The van der Waals surface area contributed by atoms with Crippen LogP contribution in [-0.2, 0) is 4.74 Å². The van der Waals surface area contributed by atoms with E-state index in [4.69, 9.17) is 4.74 Å². The lowest BCUT2D eigenvalue weighted by Gasteiger charge is -2.49. The van der Waals surface area contributed by atoms with Crippen molar-refractivity contribution in [2.75, 3.05) is 20.3 Å². The van der Waals surface area contributed by atoms with Crippen molar-refractivity contribution in [3.63, 3.8) is 0 Å². The molecule has 1 aromatic heterocycles. The van der Waals surface area contributed by atoms with E-state index in [-0.39, 0.29) is 37.4 Å². The van der Waals surface area contributed by atoms with Gasteiger partial charge in [-0.2, -0.15) is 0 Å². The van der Waals surface area contributed by atoms with Gasteiger partial charge in [0.1, 0.15) is 0 Å². The summed E-state index contributed by atoms with van der Waals surface area (Å²) < 4.78 is 31.7. The number of aromatic nitrogens is 1. The van der Waals surface area contributed by atoms with Gasteiger partial charge in [0.05, 0.1) is 30.3 Å². The monoisotopic (exact) mass is 416 g/mol. The standard InChI is InChI=1S/C23H26F2N2O3/c1-30-12-18(11-28)27-21(29)17-9-16-3-2-4-19(20(16)26-10-17)15-5-7-22(8-6-15)13-23(24,25)14-22/h2-5,9-10,18,28H,6-8,11-14H2,1H3,(H,27,29)/t18-/m0/s1. The molecule has 5 nitrogen and oxygen atoms in total. The summed E-state index contributed by atoms with van der Waals surface area (Å²) in [6.07, 6.45) is 5.81. The van der Waals surface area contributed by atoms with Crippen LogP contribution < -0.4 is 5.32 Å². The Labute approximate surface area is 174 Å². The van der Waals surface area contributed by atoms with Crippen molar-refractivity contribution in [3.05, 3.63) is 47.7 Å². The number of carbonyl (C=O) groups is 1. The molecule has 0 bridgehead atoms. The molecule has 1 heterocycles. The molecule has 1 atom stereocenters. The van der Waals surface area contributed by atoms with Crippen molar-refractivity contribution >= 4 is 22.4 Å². The molecule has 1 amide bonds. The maximum atomic E-state index is 13.4. The van der Waals surface area contributed by atoms with Gasteiger partial charge in [-0.05, 0) is 36.3 Å². The molecule has 2 aliphatic rings. The Morgan fingerprint density at radius 1 is 1.37 bits per heavy atom. The van der Waals surface area contributed by atoms with E-state index < -0.39 is 12.0 Å². The van der Waals surface area contributed by atoms with Crippen LogP contribution in [0.4, 0.5) is 8.78 Å². The lowest BCUT2D eigenvalue weighted by atomic mass is 9.59. The molecular weight excluding hydrogens is 390 g/mol. The maximum Gasteiger partial charge on any atom is 0.253 e. The Kier molecular flexibility index (Phi) is 5.59. The number of nitrogens with zero attached hydrogens (tertiary/aromatic N) is 1. The zero-order valence-electron chi connectivity index (χ0n) is 17.0. The molecular formula is C23H26F2N2O3. The fraction of sp³-hybridized carbons (Fsp3) is 0.478. The minimum Gasteiger partial charge on any atom is -0.394 e. The number of benzene rings is 1. The van der Waals surface area contributed by atoms with Gasteiger partial charge in [0, 0.05) is 37.1 Å². The molecule has 0 unspecified atom stereocenters. The van der Waals surface area contributed by atoms with Gasteiger partial charge in [-0.3, -0.25) is 9.78 Å². The van der Waals surface area contributed by atoms with Crippen LogP contribution >= 0.6 is 0 Å². The average Bonchev–Trinajstić information content (AvgIpc) is 2.71. The number of methoxy groups -OCH3 is 1. The molecule has 7 heteroatoms. The number of amides is 1. The number of allylic oxidation sites excluding steroid dienone is 2. The van der Waals surface area contributed by atoms with Crippen molar-refractivity contribution in [3.8, 4) is 0 Å². The summed E-state index contributed by atoms with van der Waals surface area (Å²) in [5.74, 6) is -2.82. The molecule has 160 valence electrons. The number of aliphatic hydroxyl groups excluding tert-OH is 1. The van der Waals surface area contributed by atoms with Crippen LogP contribution in [0.2, 0.25) is 0 Å². The number of nitrogens with one attached hydrogen (secondary N) is 1. The van der Waals surface area contributed by atoms with E-state index in [1.807, 2.05) is 18.2 Å². The first-order valence-electron chi connectivity index (χ1n) is 10.2. The van der Waals surface area contributed by atoms with E-state index in [0.29, 0.717) is 12.0 Å². The predicted octanol–water partition coefficient (Wildman–Crippen LogP) is 3.95. The number of aliphatic hydroxyl groups is 1. The van der Waals surface area contributed by atoms with Gasteiger partial charge < -0.3 is 15.2 Å². The van der Waals surface area contributed by atoms with E-state index >= 15 is 0 Å².